The van der Waals surface area contributed by atoms with Gasteiger partial charge in [0.2, 0.25) is 0 Å². The third-order valence-electron chi connectivity index (χ3n) is 4.96. The Hall–Kier alpha value is -4.10. The van der Waals surface area contributed by atoms with Gasteiger partial charge in [0.05, 0.1) is 12.8 Å². The Labute approximate surface area is 195 Å². The minimum Gasteiger partial charge on any atom is -0.497 e. The number of hydrogen-bond acceptors (Lipinski definition) is 5. The molecule has 1 N–H and O–H groups in total. The van der Waals surface area contributed by atoms with Crippen LogP contribution in [0.1, 0.15) is 11.1 Å². The Morgan fingerprint density at radius 2 is 1.64 bits per heavy atom. The van der Waals surface area contributed by atoms with Crippen LogP contribution in [-0.4, -0.2) is 25.0 Å². The zero-order valence-electron chi connectivity index (χ0n) is 17.6. The molecule has 1 fully saturated rings. The van der Waals surface area contributed by atoms with Crippen molar-refractivity contribution in [3.8, 4) is 11.5 Å². The van der Waals surface area contributed by atoms with Gasteiger partial charge in [-0.3, -0.25) is 14.9 Å². The predicted molar refractivity (Wildman–Crippen MR) is 124 cm³/mol. The summed E-state index contributed by atoms with van der Waals surface area (Å²) in [6.45, 7) is 0.272. The lowest BCUT2D eigenvalue weighted by molar-refractivity contribution is -0.122. The molecule has 1 aliphatic rings. The molecule has 0 atom stereocenters. The van der Waals surface area contributed by atoms with Crippen molar-refractivity contribution in [3.05, 3.63) is 94.5 Å². The molecule has 0 unspecified atom stereocenters. The number of amides is 4. The molecule has 3 aromatic rings. The number of para-hydroxylation sites is 1. The summed E-state index contributed by atoms with van der Waals surface area (Å²) in [7, 11) is 1.51. The minimum absolute atomic E-state index is 0.187. The fourth-order valence-corrected chi connectivity index (χ4v) is 3.38. The largest absolute Gasteiger partial charge is 0.497 e. The summed E-state index contributed by atoms with van der Waals surface area (Å²) in [6, 6.07) is 19.8. The van der Waals surface area contributed by atoms with Crippen LogP contribution in [0.2, 0.25) is 5.02 Å². The highest BCUT2D eigenvalue weighted by atomic mass is 35.5. The van der Waals surface area contributed by atoms with Crippen LogP contribution in [0, 0.1) is 0 Å². The maximum atomic E-state index is 13.1. The molecule has 1 saturated heterocycles. The Morgan fingerprint density at radius 1 is 0.939 bits per heavy atom. The lowest BCUT2D eigenvalue weighted by Crippen LogP contribution is -2.54. The number of anilines is 1. The van der Waals surface area contributed by atoms with E-state index in [4.69, 9.17) is 21.1 Å². The summed E-state index contributed by atoms with van der Waals surface area (Å²) < 4.78 is 11.0. The Balaban J connectivity index is 1.62. The van der Waals surface area contributed by atoms with E-state index in [2.05, 4.69) is 5.32 Å². The van der Waals surface area contributed by atoms with Gasteiger partial charge in [0.15, 0.2) is 0 Å². The number of rotatable bonds is 6. The predicted octanol–water partition coefficient (Wildman–Crippen LogP) is 4.59. The van der Waals surface area contributed by atoms with Crippen molar-refractivity contribution in [2.45, 2.75) is 6.61 Å². The van der Waals surface area contributed by atoms with Crippen molar-refractivity contribution in [1.82, 2.24) is 5.32 Å². The molecule has 166 valence electrons. The van der Waals surface area contributed by atoms with Gasteiger partial charge in [0.25, 0.3) is 11.8 Å². The van der Waals surface area contributed by atoms with Gasteiger partial charge in [-0.05, 0) is 54.1 Å². The van der Waals surface area contributed by atoms with E-state index in [-0.39, 0.29) is 12.2 Å². The van der Waals surface area contributed by atoms with E-state index in [1.54, 1.807) is 60.7 Å². The summed E-state index contributed by atoms with van der Waals surface area (Å²) in [5, 5.41) is 2.84. The maximum Gasteiger partial charge on any atom is 0.335 e. The lowest BCUT2D eigenvalue weighted by atomic mass is 10.1. The summed E-state index contributed by atoms with van der Waals surface area (Å²) in [6.07, 6.45) is 1.41. The molecule has 0 spiro atoms. The number of carbonyl (C=O) groups is 3. The number of imide groups is 2. The van der Waals surface area contributed by atoms with Crippen LogP contribution in [-0.2, 0) is 16.2 Å². The highest BCUT2D eigenvalue weighted by molar-refractivity contribution is 6.39. The molecule has 3 aromatic carbocycles. The zero-order chi connectivity index (χ0) is 23.4. The highest BCUT2D eigenvalue weighted by Crippen LogP contribution is 2.27. The molecule has 7 nitrogen and oxygen atoms in total. The highest BCUT2D eigenvalue weighted by Gasteiger charge is 2.37. The first-order valence-corrected chi connectivity index (χ1v) is 10.4. The Bertz CT molecular complexity index is 1240. The van der Waals surface area contributed by atoms with E-state index in [9.17, 15) is 14.4 Å². The van der Waals surface area contributed by atoms with Crippen LogP contribution in [0.4, 0.5) is 10.5 Å². The van der Waals surface area contributed by atoms with Gasteiger partial charge in [0.1, 0.15) is 23.7 Å². The number of nitrogens with one attached hydrogen (secondary N) is 1. The van der Waals surface area contributed by atoms with Crippen molar-refractivity contribution < 1.29 is 23.9 Å². The number of halogens is 1. The molecule has 1 aliphatic heterocycles. The van der Waals surface area contributed by atoms with Crippen LogP contribution in [0.5, 0.6) is 11.5 Å². The average molecular weight is 463 g/mol. The van der Waals surface area contributed by atoms with Crippen LogP contribution >= 0.6 is 11.6 Å². The molecule has 0 aromatic heterocycles. The molecular weight excluding hydrogens is 444 g/mol. The maximum absolute atomic E-state index is 13.1. The summed E-state index contributed by atoms with van der Waals surface area (Å²) in [5.41, 5.74) is 1.55. The second kappa shape index (κ2) is 9.58. The van der Waals surface area contributed by atoms with Gasteiger partial charge in [-0.25, -0.2) is 9.69 Å². The zero-order valence-corrected chi connectivity index (χ0v) is 18.3. The van der Waals surface area contributed by atoms with Gasteiger partial charge < -0.3 is 9.47 Å². The second-order valence-electron chi connectivity index (χ2n) is 7.11. The van der Waals surface area contributed by atoms with Gasteiger partial charge >= 0.3 is 6.03 Å². The van der Waals surface area contributed by atoms with Crippen molar-refractivity contribution in [2.24, 2.45) is 0 Å². The van der Waals surface area contributed by atoms with Gasteiger partial charge in [0, 0.05) is 10.6 Å². The second-order valence-corrected chi connectivity index (χ2v) is 7.55. The van der Waals surface area contributed by atoms with Gasteiger partial charge in [-0.15, -0.1) is 0 Å². The third-order valence-corrected chi connectivity index (χ3v) is 5.21. The quantitative estimate of drug-likeness (QED) is 0.427. The van der Waals surface area contributed by atoms with Gasteiger partial charge in [-0.2, -0.15) is 0 Å². The number of benzene rings is 3. The van der Waals surface area contributed by atoms with Crippen LogP contribution < -0.4 is 19.7 Å². The molecular formula is C25H19ClN2O5. The number of barbiturate groups is 1. The number of methoxy groups -OCH3 is 1. The average Bonchev–Trinajstić information content (AvgIpc) is 2.82. The van der Waals surface area contributed by atoms with Crippen molar-refractivity contribution in [2.75, 3.05) is 12.0 Å². The summed E-state index contributed by atoms with van der Waals surface area (Å²) >= 11 is 5.92. The number of hydrogen-bond donors (Lipinski definition) is 1. The molecule has 0 aliphatic carbocycles. The van der Waals surface area contributed by atoms with Crippen LogP contribution in [0.3, 0.4) is 0 Å². The normalized spacial score (nSPS) is 14.9. The summed E-state index contributed by atoms with van der Waals surface area (Å²) in [4.78, 5) is 38.9. The minimum atomic E-state index is -0.820. The van der Waals surface area contributed by atoms with E-state index >= 15 is 0 Å². The van der Waals surface area contributed by atoms with Gasteiger partial charge in [-0.1, -0.05) is 41.9 Å². The van der Waals surface area contributed by atoms with Crippen molar-refractivity contribution in [1.29, 1.82) is 0 Å². The number of urea groups is 1. The SMILES string of the molecule is COc1ccc(N2C(=O)NC(=O)/C(=C\c3ccccc3OCc3ccc(Cl)cc3)C2=O)cc1. The molecule has 4 amide bonds. The number of carbonyl (C=O) groups excluding carboxylic acids is 3. The van der Waals surface area contributed by atoms with Crippen LogP contribution in [0.25, 0.3) is 6.08 Å². The van der Waals surface area contributed by atoms with Crippen molar-refractivity contribution in [3.63, 3.8) is 0 Å². The first-order chi connectivity index (χ1) is 16.0. The molecule has 1 heterocycles. The standard InChI is InChI=1S/C25H19ClN2O5/c1-32-20-12-10-19(11-13-20)28-24(30)21(23(29)27-25(28)31)14-17-4-2-3-5-22(17)33-15-16-6-8-18(26)9-7-16/h2-14H,15H2,1H3,(H,27,29,31)/b21-14+. The lowest BCUT2D eigenvalue weighted by Gasteiger charge is -2.26. The van der Waals surface area contributed by atoms with E-state index in [1.165, 1.54) is 13.2 Å². The third kappa shape index (κ3) is 4.88. The molecule has 0 radical (unpaired) electrons. The van der Waals surface area contributed by atoms with Crippen molar-refractivity contribution >= 4 is 41.2 Å². The van der Waals surface area contributed by atoms with E-state index in [0.29, 0.717) is 27.8 Å². The Kier molecular flexibility index (Phi) is 6.42. The fraction of sp³-hybridized carbons (Fsp3) is 0.0800. The topological polar surface area (TPSA) is 84.9 Å². The van der Waals surface area contributed by atoms with E-state index in [0.717, 1.165) is 10.5 Å². The van der Waals surface area contributed by atoms with Crippen LogP contribution in [0.15, 0.2) is 78.4 Å². The molecule has 4 rings (SSSR count). The number of ether oxygens (including phenoxy) is 2. The molecule has 33 heavy (non-hydrogen) atoms. The molecule has 8 heteroatoms. The fourth-order valence-electron chi connectivity index (χ4n) is 3.25. The Morgan fingerprint density at radius 3 is 2.33 bits per heavy atom. The molecule has 0 saturated carbocycles. The first-order valence-electron chi connectivity index (χ1n) is 9.98. The summed E-state index contributed by atoms with van der Waals surface area (Å²) in [5.74, 6) is -0.459. The molecule has 0 bridgehead atoms. The monoisotopic (exact) mass is 462 g/mol. The first kappa shape index (κ1) is 22.1. The smallest absolute Gasteiger partial charge is 0.335 e. The van der Waals surface area contributed by atoms with E-state index < -0.39 is 17.8 Å². The number of nitrogens with zero attached hydrogens (tertiary/aromatic N) is 1. The van der Waals surface area contributed by atoms with E-state index in [1.807, 2.05) is 12.1 Å².